The van der Waals surface area contributed by atoms with Crippen molar-refractivity contribution in [1.29, 1.82) is 0 Å². The largest absolute Gasteiger partial charge is 0.358 e. The maximum atomic E-state index is 6.14. The monoisotopic (exact) mass is 356 g/mol. The Labute approximate surface area is 151 Å². The molecule has 2 N–H and O–H groups in total. The van der Waals surface area contributed by atoms with Crippen molar-refractivity contribution in [2.24, 2.45) is 0 Å². The second-order valence-electron chi connectivity index (χ2n) is 5.26. The zero-order valence-corrected chi connectivity index (χ0v) is 14.7. The van der Waals surface area contributed by atoms with Crippen LogP contribution < -0.4 is 10.6 Å². The molecule has 0 spiro atoms. The van der Waals surface area contributed by atoms with Crippen LogP contribution in [0.5, 0.6) is 0 Å². The van der Waals surface area contributed by atoms with Gasteiger partial charge in [-0.05, 0) is 42.9 Å². The van der Waals surface area contributed by atoms with Crippen LogP contribution >= 0.6 is 23.8 Å². The van der Waals surface area contributed by atoms with E-state index in [2.05, 4.69) is 32.3 Å². The molecule has 6 heteroatoms. The van der Waals surface area contributed by atoms with E-state index in [0.717, 1.165) is 22.8 Å². The van der Waals surface area contributed by atoms with Crippen LogP contribution in [0, 0.1) is 6.92 Å². The van der Waals surface area contributed by atoms with E-state index in [-0.39, 0.29) is 0 Å². The van der Waals surface area contributed by atoms with Crippen LogP contribution in [-0.2, 0) is 6.54 Å². The number of hydrogen-bond donors (Lipinski definition) is 2. The van der Waals surface area contributed by atoms with Crippen LogP contribution in [-0.4, -0.2) is 14.7 Å². The normalized spacial score (nSPS) is 10.4. The minimum atomic E-state index is 0.528. The molecule has 1 heterocycles. The lowest BCUT2D eigenvalue weighted by atomic mass is 10.1. The van der Waals surface area contributed by atoms with E-state index >= 15 is 0 Å². The van der Waals surface area contributed by atoms with Crippen LogP contribution in [0.15, 0.2) is 60.9 Å². The number of para-hydroxylation sites is 2. The first-order valence-corrected chi connectivity index (χ1v) is 8.31. The summed E-state index contributed by atoms with van der Waals surface area (Å²) in [6.07, 6.45) is 3.75. The molecule has 1 aromatic heterocycles. The number of anilines is 1. The van der Waals surface area contributed by atoms with E-state index in [1.165, 1.54) is 0 Å². The summed E-state index contributed by atoms with van der Waals surface area (Å²) in [5.41, 5.74) is 3.00. The Bertz CT molecular complexity index is 859. The van der Waals surface area contributed by atoms with Crippen molar-refractivity contribution >= 4 is 34.6 Å². The Morgan fingerprint density at radius 3 is 2.67 bits per heavy atom. The lowest BCUT2D eigenvalue weighted by molar-refractivity contribution is 0.885. The van der Waals surface area contributed by atoms with Gasteiger partial charge in [0.1, 0.15) is 5.82 Å². The molecule has 0 radical (unpaired) electrons. The lowest BCUT2D eigenvalue weighted by Crippen LogP contribution is -2.28. The van der Waals surface area contributed by atoms with Gasteiger partial charge in [0.25, 0.3) is 0 Å². The van der Waals surface area contributed by atoms with Crippen molar-refractivity contribution in [3.8, 4) is 5.69 Å². The number of hydrogen-bond acceptors (Lipinski definition) is 2. The average molecular weight is 357 g/mol. The Hall–Kier alpha value is -2.37. The zero-order valence-electron chi connectivity index (χ0n) is 13.2. The molecular formula is C18H17ClN4S. The number of imidazole rings is 1. The zero-order chi connectivity index (χ0) is 16.9. The van der Waals surface area contributed by atoms with Gasteiger partial charge in [0.05, 0.1) is 16.4 Å². The van der Waals surface area contributed by atoms with Crippen LogP contribution in [0.25, 0.3) is 5.69 Å². The van der Waals surface area contributed by atoms with E-state index in [4.69, 9.17) is 23.8 Å². The number of nitrogens with one attached hydrogen (secondary N) is 2. The van der Waals surface area contributed by atoms with E-state index in [1.54, 1.807) is 6.20 Å². The maximum Gasteiger partial charge on any atom is 0.171 e. The van der Waals surface area contributed by atoms with E-state index in [9.17, 15) is 0 Å². The summed E-state index contributed by atoms with van der Waals surface area (Å²) in [5.74, 6) is 0.944. The SMILES string of the molecule is Cc1nccn1-c1ccccc1CNC(=S)Nc1ccccc1Cl. The summed E-state index contributed by atoms with van der Waals surface area (Å²) >= 11 is 11.5. The van der Waals surface area contributed by atoms with Crippen molar-refractivity contribution in [2.75, 3.05) is 5.32 Å². The predicted octanol–water partition coefficient (Wildman–Crippen LogP) is 4.32. The number of rotatable bonds is 4. The van der Waals surface area contributed by atoms with Crippen molar-refractivity contribution < 1.29 is 0 Å². The molecule has 0 fully saturated rings. The van der Waals surface area contributed by atoms with Gasteiger partial charge in [-0.1, -0.05) is 41.9 Å². The molecular weight excluding hydrogens is 340 g/mol. The molecule has 0 bridgehead atoms. The topological polar surface area (TPSA) is 41.9 Å². The third-order valence-corrected chi connectivity index (χ3v) is 4.21. The smallest absolute Gasteiger partial charge is 0.171 e. The van der Waals surface area contributed by atoms with Crippen LogP contribution in [0.2, 0.25) is 5.02 Å². The fourth-order valence-electron chi connectivity index (χ4n) is 2.43. The van der Waals surface area contributed by atoms with E-state index in [1.807, 2.05) is 49.5 Å². The van der Waals surface area contributed by atoms with Gasteiger partial charge in [-0.2, -0.15) is 0 Å². The maximum absolute atomic E-state index is 6.14. The number of thiocarbonyl (C=S) groups is 1. The molecule has 0 aliphatic carbocycles. The first kappa shape index (κ1) is 16.5. The summed E-state index contributed by atoms with van der Waals surface area (Å²) in [4.78, 5) is 4.28. The molecule has 0 saturated heterocycles. The first-order valence-electron chi connectivity index (χ1n) is 7.53. The van der Waals surface area contributed by atoms with Crippen LogP contribution in [0.3, 0.4) is 0 Å². The highest BCUT2D eigenvalue weighted by molar-refractivity contribution is 7.80. The van der Waals surface area contributed by atoms with Gasteiger partial charge in [-0.25, -0.2) is 4.98 Å². The second kappa shape index (κ2) is 7.47. The summed E-state index contributed by atoms with van der Waals surface area (Å²) in [6.45, 7) is 2.58. The number of halogens is 1. The number of nitrogens with zero attached hydrogens (tertiary/aromatic N) is 2. The number of aromatic nitrogens is 2. The summed E-state index contributed by atoms with van der Waals surface area (Å²) in [5, 5.41) is 7.50. The Kier molecular flexibility index (Phi) is 5.13. The fourth-order valence-corrected chi connectivity index (χ4v) is 2.80. The highest BCUT2D eigenvalue weighted by atomic mass is 35.5. The van der Waals surface area contributed by atoms with Crippen LogP contribution in [0.4, 0.5) is 5.69 Å². The van der Waals surface area contributed by atoms with Gasteiger partial charge < -0.3 is 15.2 Å². The van der Waals surface area contributed by atoms with Gasteiger partial charge in [0, 0.05) is 18.9 Å². The summed E-state index contributed by atoms with van der Waals surface area (Å²) in [6, 6.07) is 15.7. The van der Waals surface area contributed by atoms with E-state index in [0.29, 0.717) is 16.7 Å². The second-order valence-corrected chi connectivity index (χ2v) is 6.08. The quantitative estimate of drug-likeness (QED) is 0.683. The summed E-state index contributed by atoms with van der Waals surface area (Å²) < 4.78 is 2.06. The Balaban J connectivity index is 1.70. The van der Waals surface area contributed by atoms with Gasteiger partial charge in [-0.3, -0.25) is 0 Å². The van der Waals surface area contributed by atoms with Crippen LogP contribution in [0.1, 0.15) is 11.4 Å². The molecule has 0 aliphatic heterocycles. The van der Waals surface area contributed by atoms with E-state index < -0.39 is 0 Å². The molecule has 0 atom stereocenters. The van der Waals surface area contributed by atoms with Crippen molar-refractivity contribution in [2.45, 2.75) is 13.5 Å². The third-order valence-electron chi connectivity index (χ3n) is 3.64. The van der Waals surface area contributed by atoms with Gasteiger partial charge in [0.15, 0.2) is 5.11 Å². The number of benzene rings is 2. The highest BCUT2D eigenvalue weighted by Gasteiger charge is 2.07. The lowest BCUT2D eigenvalue weighted by Gasteiger charge is -2.15. The number of aryl methyl sites for hydroxylation is 1. The van der Waals surface area contributed by atoms with Crippen molar-refractivity contribution in [1.82, 2.24) is 14.9 Å². The molecule has 0 amide bonds. The molecule has 0 aliphatic rings. The minimum Gasteiger partial charge on any atom is -0.358 e. The minimum absolute atomic E-state index is 0.528. The molecule has 4 nitrogen and oxygen atoms in total. The molecule has 0 unspecified atom stereocenters. The third kappa shape index (κ3) is 3.75. The highest BCUT2D eigenvalue weighted by Crippen LogP contribution is 2.20. The predicted molar refractivity (Wildman–Crippen MR) is 103 cm³/mol. The first-order chi connectivity index (χ1) is 11.6. The van der Waals surface area contributed by atoms with Gasteiger partial charge in [0.2, 0.25) is 0 Å². The standard InChI is InChI=1S/C18H17ClN4S/c1-13-20-10-11-23(13)17-9-5-2-6-14(17)12-21-18(24)22-16-8-4-3-7-15(16)19/h2-11H,12H2,1H3,(H2,21,22,24). The summed E-state index contributed by atoms with van der Waals surface area (Å²) in [7, 11) is 0. The molecule has 122 valence electrons. The average Bonchev–Trinajstić information content (AvgIpc) is 3.01. The van der Waals surface area contributed by atoms with Gasteiger partial charge >= 0.3 is 0 Å². The van der Waals surface area contributed by atoms with Crippen molar-refractivity contribution in [3.05, 3.63) is 77.3 Å². The molecule has 0 saturated carbocycles. The molecule has 24 heavy (non-hydrogen) atoms. The molecule has 3 aromatic rings. The fraction of sp³-hybridized carbons (Fsp3) is 0.111. The van der Waals surface area contributed by atoms with Crippen molar-refractivity contribution in [3.63, 3.8) is 0 Å². The van der Waals surface area contributed by atoms with Gasteiger partial charge in [-0.15, -0.1) is 0 Å². The Morgan fingerprint density at radius 2 is 1.92 bits per heavy atom. The Morgan fingerprint density at radius 1 is 1.17 bits per heavy atom. The molecule has 2 aromatic carbocycles. The molecule has 3 rings (SSSR count).